The molecule has 4 rings (SSSR count). The van der Waals surface area contributed by atoms with E-state index in [-0.39, 0.29) is 17.5 Å². The van der Waals surface area contributed by atoms with Gasteiger partial charge in [-0.3, -0.25) is 9.59 Å². The summed E-state index contributed by atoms with van der Waals surface area (Å²) in [5, 5.41) is 5.93. The summed E-state index contributed by atoms with van der Waals surface area (Å²) in [5.41, 5.74) is 7.77. The molecule has 28 heavy (non-hydrogen) atoms. The van der Waals surface area contributed by atoms with E-state index in [9.17, 15) is 9.59 Å². The number of nitrogens with two attached hydrogens (primary N) is 1. The molecule has 2 heterocycles. The molecule has 0 spiro atoms. The molecule has 1 saturated heterocycles. The Bertz CT molecular complexity index is 1090. The second kappa shape index (κ2) is 7.56. The number of carbonyl (C=O) groups is 1. The quantitative estimate of drug-likeness (QED) is 0.745. The number of hydrogen-bond donors (Lipinski definition) is 1. The molecule has 6 heteroatoms. The molecule has 0 radical (unpaired) electrons. The molecular weight excluding hydrogens is 352 g/mol. The summed E-state index contributed by atoms with van der Waals surface area (Å²) in [5.74, 6) is -0.0264. The molecular formula is C22H24N4O2. The van der Waals surface area contributed by atoms with E-state index in [1.54, 1.807) is 30.3 Å². The number of carbonyl (C=O) groups excluding carboxylic acids is 1. The highest BCUT2D eigenvalue weighted by Crippen LogP contribution is 2.17. The second-order valence-electron chi connectivity index (χ2n) is 7.38. The Morgan fingerprint density at radius 2 is 1.86 bits per heavy atom. The molecule has 0 aliphatic carbocycles. The van der Waals surface area contributed by atoms with Crippen molar-refractivity contribution in [2.45, 2.75) is 32.2 Å². The maximum absolute atomic E-state index is 13.0. The predicted molar refractivity (Wildman–Crippen MR) is 110 cm³/mol. The molecule has 1 amide bonds. The van der Waals surface area contributed by atoms with Crippen LogP contribution in [0.2, 0.25) is 0 Å². The molecule has 2 N–H and O–H groups in total. The fraction of sp³-hybridized carbons (Fsp3) is 0.318. The van der Waals surface area contributed by atoms with Crippen LogP contribution in [0.15, 0.2) is 53.3 Å². The highest BCUT2D eigenvalue weighted by atomic mass is 16.2. The minimum Gasteiger partial charge on any atom is -0.339 e. The topological polar surface area (TPSA) is 81.2 Å². The molecule has 1 fully saturated rings. The minimum atomic E-state index is -0.188. The van der Waals surface area contributed by atoms with E-state index in [4.69, 9.17) is 5.73 Å². The van der Waals surface area contributed by atoms with Gasteiger partial charge in [-0.2, -0.15) is 9.78 Å². The molecule has 6 nitrogen and oxygen atoms in total. The number of rotatable bonds is 2. The first-order valence-corrected chi connectivity index (χ1v) is 9.68. The number of aryl methyl sites for hydroxylation is 1. The first-order valence-electron chi connectivity index (χ1n) is 9.68. The molecule has 2 aromatic carbocycles. The van der Waals surface area contributed by atoms with Gasteiger partial charge in [-0.1, -0.05) is 24.3 Å². The molecule has 1 aliphatic rings. The average Bonchev–Trinajstić information content (AvgIpc) is 2.95. The predicted octanol–water partition coefficient (Wildman–Crippen LogP) is 2.65. The van der Waals surface area contributed by atoms with Crippen LogP contribution in [0.25, 0.3) is 16.5 Å². The third-order valence-corrected chi connectivity index (χ3v) is 5.39. The number of benzene rings is 2. The average molecular weight is 376 g/mol. The lowest BCUT2D eigenvalue weighted by Crippen LogP contribution is -2.33. The SMILES string of the molecule is Cc1nn(-c2cccc(C(=O)N3CCCC(N)CC3)c2)c(=O)c2ccccc12. The lowest BCUT2D eigenvalue weighted by molar-refractivity contribution is 0.0761. The van der Waals surface area contributed by atoms with Crippen LogP contribution in [0.1, 0.15) is 35.3 Å². The van der Waals surface area contributed by atoms with Gasteiger partial charge in [0, 0.05) is 30.1 Å². The Balaban J connectivity index is 1.71. The van der Waals surface area contributed by atoms with Gasteiger partial charge in [-0.05, 0) is 50.5 Å². The van der Waals surface area contributed by atoms with Gasteiger partial charge in [0.25, 0.3) is 11.5 Å². The molecule has 0 bridgehead atoms. The summed E-state index contributed by atoms with van der Waals surface area (Å²) in [6.07, 6.45) is 2.67. The van der Waals surface area contributed by atoms with Crippen molar-refractivity contribution < 1.29 is 4.79 Å². The van der Waals surface area contributed by atoms with Crippen molar-refractivity contribution in [1.29, 1.82) is 0 Å². The van der Waals surface area contributed by atoms with Gasteiger partial charge in [0.05, 0.1) is 16.8 Å². The number of nitrogens with zero attached hydrogens (tertiary/aromatic N) is 3. The summed E-state index contributed by atoms with van der Waals surface area (Å²) >= 11 is 0. The fourth-order valence-corrected chi connectivity index (χ4v) is 3.80. The summed E-state index contributed by atoms with van der Waals surface area (Å²) in [6, 6.07) is 14.7. The van der Waals surface area contributed by atoms with Crippen molar-refractivity contribution in [3.8, 4) is 5.69 Å². The summed E-state index contributed by atoms with van der Waals surface area (Å²) in [7, 11) is 0. The summed E-state index contributed by atoms with van der Waals surface area (Å²) in [4.78, 5) is 27.8. The smallest absolute Gasteiger partial charge is 0.279 e. The first kappa shape index (κ1) is 18.4. The Morgan fingerprint density at radius 3 is 2.68 bits per heavy atom. The van der Waals surface area contributed by atoms with Crippen LogP contribution in [-0.4, -0.2) is 39.7 Å². The van der Waals surface area contributed by atoms with Gasteiger partial charge >= 0.3 is 0 Å². The van der Waals surface area contributed by atoms with Gasteiger partial charge in [-0.25, -0.2) is 0 Å². The van der Waals surface area contributed by atoms with Gasteiger partial charge in [0.15, 0.2) is 0 Å². The van der Waals surface area contributed by atoms with Crippen molar-refractivity contribution in [3.05, 3.63) is 70.1 Å². The molecule has 1 aromatic heterocycles. The number of amides is 1. The molecule has 3 aromatic rings. The fourth-order valence-electron chi connectivity index (χ4n) is 3.80. The van der Waals surface area contributed by atoms with E-state index >= 15 is 0 Å². The highest BCUT2D eigenvalue weighted by molar-refractivity contribution is 5.94. The zero-order valence-corrected chi connectivity index (χ0v) is 16.0. The van der Waals surface area contributed by atoms with E-state index in [0.717, 1.165) is 30.3 Å². The molecule has 1 atom stereocenters. The van der Waals surface area contributed by atoms with Crippen LogP contribution in [0.5, 0.6) is 0 Å². The van der Waals surface area contributed by atoms with Crippen LogP contribution >= 0.6 is 0 Å². The maximum Gasteiger partial charge on any atom is 0.279 e. The lowest BCUT2D eigenvalue weighted by atomic mass is 10.1. The van der Waals surface area contributed by atoms with Crippen LogP contribution < -0.4 is 11.3 Å². The van der Waals surface area contributed by atoms with Crippen molar-refractivity contribution in [3.63, 3.8) is 0 Å². The van der Waals surface area contributed by atoms with Crippen molar-refractivity contribution in [1.82, 2.24) is 14.7 Å². The number of likely N-dealkylation sites (tertiary alicyclic amines) is 1. The Labute approximate surface area is 163 Å². The summed E-state index contributed by atoms with van der Waals surface area (Å²) < 4.78 is 1.38. The molecule has 1 aliphatic heterocycles. The van der Waals surface area contributed by atoms with Crippen LogP contribution in [0, 0.1) is 6.92 Å². The highest BCUT2D eigenvalue weighted by Gasteiger charge is 2.20. The van der Waals surface area contributed by atoms with E-state index in [2.05, 4.69) is 5.10 Å². The van der Waals surface area contributed by atoms with Crippen molar-refractivity contribution in [2.24, 2.45) is 5.73 Å². The van der Waals surface area contributed by atoms with E-state index in [1.165, 1.54) is 4.68 Å². The van der Waals surface area contributed by atoms with Crippen molar-refractivity contribution >= 4 is 16.7 Å². The molecule has 1 unspecified atom stereocenters. The molecule has 0 saturated carbocycles. The van der Waals surface area contributed by atoms with Gasteiger partial charge in [0.2, 0.25) is 0 Å². The van der Waals surface area contributed by atoms with Crippen LogP contribution in [-0.2, 0) is 0 Å². The first-order chi connectivity index (χ1) is 13.5. The van der Waals surface area contributed by atoms with Gasteiger partial charge in [-0.15, -0.1) is 0 Å². The Morgan fingerprint density at radius 1 is 1.07 bits per heavy atom. The molecule has 144 valence electrons. The zero-order valence-electron chi connectivity index (χ0n) is 16.0. The summed E-state index contributed by atoms with van der Waals surface area (Å²) in [6.45, 7) is 3.26. The minimum absolute atomic E-state index is 0.0264. The maximum atomic E-state index is 13.0. The lowest BCUT2D eigenvalue weighted by Gasteiger charge is -2.21. The van der Waals surface area contributed by atoms with Gasteiger partial charge < -0.3 is 10.6 Å². The standard InChI is InChI=1S/C22H24N4O2/c1-15-19-9-2-3-10-20(19)22(28)26(24-15)18-8-4-6-16(14-18)21(27)25-12-5-7-17(23)11-13-25/h2-4,6,8-10,14,17H,5,7,11-13,23H2,1H3. The second-order valence-corrected chi connectivity index (χ2v) is 7.38. The van der Waals surface area contributed by atoms with Crippen LogP contribution in [0.4, 0.5) is 0 Å². The number of hydrogen-bond acceptors (Lipinski definition) is 4. The number of fused-ring (bicyclic) bond motifs is 1. The van der Waals surface area contributed by atoms with E-state index < -0.39 is 0 Å². The van der Waals surface area contributed by atoms with E-state index in [1.807, 2.05) is 30.0 Å². The number of aromatic nitrogens is 2. The Hall–Kier alpha value is -2.99. The normalized spacial score (nSPS) is 17.5. The third kappa shape index (κ3) is 3.43. The van der Waals surface area contributed by atoms with Crippen LogP contribution in [0.3, 0.4) is 0 Å². The van der Waals surface area contributed by atoms with E-state index in [0.29, 0.717) is 29.7 Å². The monoisotopic (exact) mass is 376 g/mol. The zero-order chi connectivity index (χ0) is 19.7. The third-order valence-electron chi connectivity index (χ3n) is 5.39. The largest absolute Gasteiger partial charge is 0.339 e. The van der Waals surface area contributed by atoms with Crippen molar-refractivity contribution in [2.75, 3.05) is 13.1 Å². The van der Waals surface area contributed by atoms with Gasteiger partial charge in [0.1, 0.15) is 0 Å². The Kier molecular flexibility index (Phi) is 4.96.